The van der Waals surface area contributed by atoms with Gasteiger partial charge in [-0.25, -0.2) is 18.1 Å². The molecule has 34 heavy (non-hydrogen) atoms. The number of sulfonamides is 1. The van der Waals surface area contributed by atoms with E-state index >= 15 is 0 Å². The minimum Gasteiger partial charge on any atom is -0.320 e. The lowest BCUT2D eigenvalue weighted by Crippen LogP contribution is -2.31. The highest BCUT2D eigenvalue weighted by Gasteiger charge is 2.25. The van der Waals surface area contributed by atoms with Crippen molar-refractivity contribution in [3.8, 4) is 5.69 Å². The molecule has 4 rings (SSSR count). The molecule has 10 nitrogen and oxygen atoms in total. The summed E-state index contributed by atoms with van der Waals surface area (Å²) in [6.07, 6.45) is 2.69. The molecule has 0 bridgehead atoms. The Labute approximate surface area is 196 Å². The van der Waals surface area contributed by atoms with Crippen LogP contribution in [0.5, 0.6) is 0 Å². The maximum absolute atomic E-state index is 13.1. The summed E-state index contributed by atoms with van der Waals surface area (Å²) in [4.78, 5) is 32.0. The van der Waals surface area contributed by atoms with Gasteiger partial charge in [-0.05, 0) is 36.8 Å². The van der Waals surface area contributed by atoms with Crippen molar-refractivity contribution in [3.05, 3.63) is 76.5 Å². The maximum Gasteiger partial charge on any atom is 0.261 e. The predicted octanol–water partition coefficient (Wildman–Crippen LogP) is 2.70. The summed E-state index contributed by atoms with van der Waals surface area (Å²) in [5, 5.41) is 7.40. The molecule has 0 radical (unpaired) electrons. The number of H-pyrrole nitrogens is 1. The molecule has 0 saturated carbocycles. The topological polar surface area (TPSA) is 130 Å². The number of hydrogen-bond donors (Lipinski definition) is 2. The minimum atomic E-state index is -3.73. The van der Waals surface area contributed by atoms with E-state index in [0.717, 1.165) is 0 Å². The zero-order chi connectivity index (χ0) is 24.5. The average molecular weight is 481 g/mol. The molecule has 0 atom stereocenters. The number of hydrogen-bond acceptors (Lipinski definition) is 6. The van der Waals surface area contributed by atoms with Crippen molar-refractivity contribution in [1.29, 1.82) is 0 Å². The van der Waals surface area contributed by atoms with Gasteiger partial charge in [0.25, 0.3) is 11.5 Å². The summed E-state index contributed by atoms with van der Waals surface area (Å²) in [7, 11) is -3.73. The minimum absolute atomic E-state index is 0.0960. The Hall–Kier alpha value is -3.83. The third-order valence-electron chi connectivity index (χ3n) is 5.52. The molecule has 4 aromatic rings. The average Bonchev–Trinajstić information content (AvgIpc) is 3.25. The number of fused-ring (bicyclic) bond motifs is 1. The summed E-state index contributed by atoms with van der Waals surface area (Å²) in [5.41, 5.74) is 1.71. The van der Waals surface area contributed by atoms with E-state index < -0.39 is 15.9 Å². The molecule has 0 unspecified atom stereocenters. The number of nitrogens with one attached hydrogen (secondary N) is 2. The highest BCUT2D eigenvalue weighted by Crippen LogP contribution is 2.25. The largest absolute Gasteiger partial charge is 0.320 e. The molecule has 0 spiro atoms. The number of benzene rings is 2. The Morgan fingerprint density at radius 3 is 2.62 bits per heavy atom. The first-order valence-electron chi connectivity index (χ1n) is 10.7. The number of nitrogens with zero attached hydrogens (tertiary/aromatic N) is 4. The molecule has 0 fully saturated rings. The molecular weight excluding hydrogens is 456 g/mol. The number of carbonyl (C=O) groups is 1. The van der Waals surface area contributed by atoms with Crippen LogP contribution in [0.3, 0.4) is 0 Å². The van der Waals surface area contributed by atoms with Gasteiger partial charge in [0.15, 0.2) is 5.65 Å². The number of anilines is 1. The Morgan fingerprint density at radius 1 is 1.15 bits per heavy atom. The Bertz CT molecular complexity index is 1540. The number of aromatic nitrogens is 4. The van der Waals surface area contributed by atoms with Crippen molar-refractivity contribution in [1.82, 2.24) is 24.1 Å². The van der Waals surface area contributed by atoms with Crippen LogP contribution in [-0.2, 0) is 10.0 Å². The molecule has 2 aromatic carbocycles. The van der Waals surface area contributed by atoms with Gasteiger partial charge < -0.3 is 10.3 Å². The summed E-state index contributed by atoms with van der Waals surface area (Å²) >= 11 is 0. The van der Waals surface area contributed by atoms with Gasteiger partial charge in [0, 0.05) is 18.7 Å². The highest BCUT2D eigenvalue weighted by atomic mass is 32.2. The van der Waals surface area contributed by atoms with Crippen LogP contribution in [0.15, 0.2) is 64.7 Å². The number of carbonyl (C=O) groups excluding carboxylic acids is 1. The molecule has 0 saturated heterocycles. The van der Waals surface area contributed by atoms with Gasteiger partial charge >= 0.3 is 0 Å². The van der Waals surface area contributed by atoms with Crippen LogP contribution >= 0.6 is 0 Å². The lowest BCUT2D eigenvalue weighted by molar-refractivity contribution is 0.102. The fraction of sp³-hybridized carbons (Fsp3) is 0.217. The van der Waals surface area contributed by atoms with Crippen molar-refractivity contribution in [3.63, 3.8) is 0 Å². The maximum atomic E-state index is 13.1. The lowest BCUT2D eigenvalue weighted by Gasteiger charge is -2.20. The molecule has 0 aliphatic rings. The van der Waals surface area contributed by atoms with Crippen LogP contribution in [0, 0.1) is 6.92 Å². The number of amides is 1. The quantitative estimate of drug-likeness (QED) is 0.418. The number of aryl methyl sites for hydroxylation is 1. The van der Waals surface area contributed by atoms with Gasteiger partial charge in [-0.1, -0.05) is 32.0 Å². The molecule has 2 aromatic heterocycles. The summed E-state index contributed by atoms with van der Waals surface area (Å²) in [5.74, 6) is -0.481. The second-order valence-electron chi connectivity index (χ2n) is 7.57. The predicted molar refractivity (Wildman–Crippen MR) is 129 cm³/mol. The van der Waals surface area contributed by atoms with Crippen molar-refractivity contribution in [2.75, 3.05) is 18.4 Å². The summed E-state index contributed by atoms with van der Waals surface area (Å²) < 4.78 is 28.9. The molecule has 1 amide bonds. The smallest absolute Gasteiger partial charge is 0.261 e. The standard InChI is InChI=1S/C23H24N6O4S/c1-4-28(5-2)34(32,33)20-12-16(11-10-15(20)3)22(30)27-18-8-6-7-9-19(18)29-21-17(13-26-29)23(31)25-14-24-21/h6-14H,4-5H2,1-3H3,(H,27,30)(H,24,25,31). The second-order valence-corrected chi connectivity index (χ2v) is 9.47. The second kappa shape index (κ2) is 9.20. The van der Waals surface area contributed by atoms with Crippen molar-refractivity contribution < 1.29 is 13.2 Å². The highest BCUT2D eigenvalue weighted by molar-refractivity contribution is 7.89. The number of aromatic amines is 1. The van der Waals surface area contributed by atoms with Gasteiger partial charge in [-0.15, -0.1) is 0 Å². The molecule has 0 aliphatic carbocycles. The Morgan fingerprint density at radius 2 is 1.88 bits per heavy atom. The van der Waals surface area contributed by atoms with Crippen LogP contribution < -0.4 is 10.9 Å². The van der Waals surface area contributed by atoms with E-state index in [1.54, 1.807) is 57.2 Å². The van der Waals surface area contributed by atoms with Crippen molar-refractivity contribution in [2.45, 2.75) is 25.7 Å². The van der Waals surface area contributed by atoms with E-state index in [1.807, 2.05) is 0 Å². The summed E-state index contributed by atoms with van der Waals surface area (Å²) in [6, 6.07) is 11.5. The third-order valence-corrected chi connectivity index (χ3v) is 7.72. The first kappa shape index (κ1) is 23.3. The van der Waals surface area contributed by atoms with Crippen LogP contribution in [0.25, 0.3) is 16.7 Å². The zero-order valence-electron chi connectivity index (χ0n) is 18.9. The third kappa shape index (κ3) is 4.11. The van der Waals surface area contributed by atoms with E-state index in [9.17, 15) is 18.0 Å². The van der Waals surface area contributed by atoms with Crippen LogP contribution in [0.1, 0.15) is 29.8 Å². The fourth-order valence-electron chi connectivity index (χ4n) is 3.71. The Kier molecular flexibility index (Phi) is 6.31. The van der Waals surface area contributed by atoms with Crippen LogP contribution in [0.2, 0.25) is 0 Å². The molecule has 11 heteroatoms. The summed E-state index contributed by atoms with van der Waals surface area (Å²) in [6.45, 7) is 5.90. The first-order valence-corrected chi connectivity index (χ1v) is 12.1. The Balaban J connectivity index is 1.71. The first-order chi connectivity index (χ1) is 16.3. The van der Waals surface area contributed by atoms with E-state index in [1.165, 1.54) is 27.6 Å². The van der Waals surface area contributed by atoms with Gasteiger partial charge in [0.05, 0.1) is 28.8 Å². The van der Waals surface area contributed by atoms with Crippen molar-refractivity contribution >= 4 is 32.7 Å². The molecule has 2 heterocycles. The molecular formula is C23H24N6O4S. The molecule has 0 aliphatic heterocycles. The zero-order valence-corrected chi connectivity index (χ0v) is 19.8. The van der Waals surface area contributed by atoms with Crippen LogP contribution in [-0.4, -0.2) is 51.5 Å². The fourth-order valence-corrected chi connectivity index (χ4v) is 5.42. The van der Waals surface area contributed by atoms with E-state index in [0.29, 0.717) is 41.1 Å². The SMILES string of the molecule is CCN(CC)S(=O)(=O)c1cc(C(=O)Nc2ccccc2-n2ncc3c(=O)[nH]cnc32)ccc1C. The normalized spacial score (nSPS) is 11.8. The van der Waals surface area contributed by atoms with Crippen LogP contribution in [0.4, 0.5) is 5.69 Å². The molecule has 176 valence electrons. The van der Waals surface area contributed by atoms with Gasteiger partial charge in [-0.2, -0.15) is 9.40 Å². The number of para-hydroxylation sites is 2. The lowest BCUT2D eigenvalue weighted by atomic mass is 10.1. The number of rotatable bonds is 7. The van der Waals surface area contributed by atoms with E-state index in [-0.39, 0.29) is 16.0 Å². The van der Waals surface area contributed by atoms with Gasteiger partial charge in [-0.3, -0.25) is 9.59 Å². The monoisotopic (exact) mass is 480 g/mol. The van der Waals surface area contributed by atoms with E-state index in [4.69, 9.17) is 0 Å². The van der Waals surface area contributed by atoms with Gasteiger partial charge in [0.1, 0.15) is 5.39 Å². The van der Waals surface area contributed by atoms with Gasteiger partial charge in [0.2, 0.25) is 10.0 Å². The molecule has 2 N–H and O–H groups in total. The van der Waals surface area contributed by atoms with E-state index in [2.05, 4.69) is 20.4 Å². The van der Waals surface area contributed by atoms with Crippen molar-refractivity contribution in [2.24, 2.45) is 0 Å².